The molecule has 3 N–H and O–H groups in total. The van der Waals surface area contributed by atoms with Crippen LogP contribution in [0.4, 0.5) is 0 Å². The largest absolute Gasteiger partial charge is 0.391 e. The zero-order valence-corrected chi connectivity index (χ0v) is 11.2. The van der Waals surface area contributed by atoms with Crippen LogP contribution in [0.1, 0.15) is 35.3 Å². The van der Waals surface area contributed by atoms with E-state index in [1.54, 1.807) is 18.3 Å². The summed E-state index contributed by atoms with van der Waals surface area (Å²) in [6.45, 7) is 8.18. The van der Waals surface area contributed by atoms with E-state index in [0.717, 1.165) is 5.56 Å². The van der Waals surface area contributed by atoms with Gasteiger partial charge < -0.3 is 15.6 Å². The molecule has 1 aromatic rings. The summed E-state index contributed by atoms with van der Waals surface area (Å²) in [5.74, 6) is 0. The second-order valence-corrected chi connectivity index (χ2v) is 5.64. The smallest absolute Gasteiger partial charge is 0.0962 e. The predicted octanol–water partition coefficient (Wildman–Crippen LogP) is 2.15. The Hall–Kier alpha value is -0.420. The summed E-state index contributed by atoms with van der Waals surface area (Å²) in [7, 11) is 0. The fraction of sp³-hybridized carbons (Fsp3) is 0.667. The molecule has 3 atom stereocenters. The quantitative estimate of drug-likeness (QED) is 0.833. The van der Waals surface area contributed by atoms with Gasteiger partial charge in [-0.2, -0.15) is 0 Å². The van der Waals surface area contributed by atoms with Crippen LogP contribution in [0.5, 0.6) is 0 Å². The van der Waals surface area contributed by atoms with Crippen LogP contribution >= 0.6 is 11.3 Å². The van der Waals surface area contributed by atoms with E-state index in [-0.39, 0.29) is 12.2 Å². The second kappa shape index (κ2) is 5.77. The van der Waals surface area contributed by atoms with Crippen LogP contribution in [0.15, 0.2) is 6.07 Å². The summed E-state index contributed by atoms with van der Waals surface area (Å²) < 4.78 is 5.77. The molecule has 0 aliphatic carbocycles. The molecule has 16 heavy (non-hydrogen) atoms. The van der Waals surface area contributed by atoms with Crippen molar-refractivity contribution in [2.24, 2.45) is 5.73 Å². The van der Waals surface area contributed by atoms with Crippen molar-refractivity contribution in [1.82, 2.24) is 0 Å². The molecule has 1 aromatic heterocycles. The molecule has 1 rings (SSSR count). The number of hydrogen-bond acceptors (Lipinski definition) is 4. The zero-order valence-electron chi connectivity index (χ0n) is 10.4. The maximum atomic E-state index is 9.42. The van der Waals surface area contributed by atoms with Crippen LogP contribution in [0.25, 0.3) is 0 Å². The van der Waals surface area contributed by atoms with Gasteiger partial charge in [0.2, 0.25) is 0 Å². The third-order valence-electron chi connectivity index (χ3n) is 2.70. The molecule has 0 spiro atoms. The summed E-state index contributed by atoms with van der Waals surface area (Å²) in [6, 6.07) is 2.12. The molecule has 0 aromatic carbocycles. The molecule has 3 unspecified atom stereocenters. The lowest BCUT2D eigenvalue weighted by molar-refractivity contribution is -0.0592. The average molecular weight is 243 g/mol. The van der Waals surface area contributed by atoms with Gasteiger partial charge in [-0.3, -0.25) is 0 Å². The lowest BCUT2D eigenvalue weighted by Gasteiger charge is -2.23. The minimum atomic E-state index is -0.478. The standard InChI is InChI=1S/C12H21NO2S/c1-7-5-11(10(4)16-7)12(6-13)15-9(3)8(2)14/h5,8-9,12,14H,6,13H2,1-4H3. The first-order chi connectivity index (χ1) is 7.45. The fourth-order valence-electron chi connectivity index (χ4n) is 1.60. The molecule has 0 saturated heterocycles. The molecule has 0 aliphatic rings. The van der Waals surface area contributed by atoms with E-state index in [9.17, 15) is 5.11 Å². The molecule has 0 aliphatic heterocycles. The third kappa shape index (κ3) is 3.28. The van der Waals surface area contributed by atoms with Gasteiger partial charge in [-0.15, -0.1) is 11.3 Å². The molecule has 3 nitrogen and oxygen atoms in total. The normalized spacial score (nSPS) is 17.1. The maximum absolute atomic E-state index is 9.42. The van der Waals surface area contributed by atoms with E-state index >= 15 is 0 Å². The first-order valence-electron chi connectivity index (χ1n) is 5.56. The molecule has 0 bridgehead atoms. The lowest BCUT2D eigenvalue weighted by Crippen LogP contribution is -2.28. The van der Waals surface area contributed by atoms with Crippen molar-refractivity contribution in [3.8, 4) is 0 Å². The molecule has 0 amide bonds. The number of aliphatic hydroxyl groups excluding tert-OH is 1. The Morgan fingerprint density at radius 3 is 2.44 bits per heavy atom. The number of aliphatic hydroxyl groups is 1. The Morgan fingerprint density at radius 2 is 2.06 bits per heavy atom. The third-order valence-corrected chi connectivity index (χ3v) is 3.68. The number of hydrogen-bond donors (Lipinski definition) is 2. The molecule has 0 radical (unpaired) electrons. The summed E-state index contributed by atoms with van der Waals surface area (Å²) in [5.41, 5.74) is 6.88. The number of aryl methyl sites for hydroxylation is 2. The van der Waals surface area contributed by atoms with E-state index in [1.165, 1.54) is 9.75 Å². The van der Waals surface area contributed by atoms with Gasteiger partial charge in [-0.25, -0.2) is 0 Å². The van der Waals surface area contributed by atoms with Gasteiger partial charge in [0.25, 0.3) is 0 Å². The van der Waals surface area contributed by atoms with Crippen molar-refractivity contribution in [3.63, 3.8) is 0 Å². The van der Waals surface area contributed by atoms with Crippen LogP contribution in [0.3, 0.4) is 0 Å². The minimum absolute atomic E-state index is 0.116. The van der Waals surface area contributed by atoms with Gasteiger partial charge in [-0.1, -0.05) is 0 Å². The topological polar surface area (TPSA) is 55.5 Å². The van der Waals surface area contributed by atoms with E-state index in [1.807, 2.05) is 6.92 Å². The van der Waals surface area contributed by atoms with E-state index < -0.39 is 6.10 Å². The minimum Gasteiger partial charge on any atom is -0.391 e. The molecule has 92 valence electrons. The van der Waals surface area contributed by atoms with E-state index in [2.05, 4.69) is 19.9 Å². The SMILES string of the molecule is Cc1cc(C(CN)OC(C)C(C)O)c(C)s1. The molecule has 0 saturated carbocycles. The van der Waals surface area contributed by atoms with Gasteiger partial charge in [-0.05, 0) is 39.3 Å². The fourth-order valence-corrected chi connectivity index (χ4v) is 2.58. The molecule has 0 fully saturated rings. The zero-order chi connectivity index (χ0) is 12.3. The highest BCUT2D eigenvalue weighted by Crippen LogP contribution is 2.29. The molecular formula is C12H21NO2S. The lowest BCUT2D eigenvalue weighted by atomic mass is 10.1. The van der Waals surface area contributed by atoms with E-state index in [4.69, 9.17) is 10.5 Å². The van der Waals surface area contributed by atoms with Gasteiger partial charge >= 0.3 is 0 Å². The number of rotatable bonds is 5. The summed E-state index contributed by atoms with van der Waals surface area (Å²) in [5, 5.41) is 9.42. The highest BCUT2D eigenvalue weighted by Gasteiger charge is 2.20. The Bertz CT molecular complexity index is 336. The number of thiophene rings is 1. The number of nitrogens with two attached hydrogens (primary N) is 1. The highest BCUT2D eigenvalue weighted by molar-refractivity contribution is 7.12. The van der Waals surface area contributed by atoms with Crippen molar-refractivity contribution < 1.29 is 9.84 Å². The highest BCUT2D eigenvalue weighted by atomic mass is 32.1. The van der Waals surface area contributed by atoms with Crippen LogP contribution in [-0.2, 0) is 4.74 Å². The number of ether oxygens (including phenoxy) is 1. The van der Waals surface area contributed by atoms with Crippen molar-refractivity contribution in [1.29, 1.82) is 0 Å². The van der Waals surface area contributed by atoms with Gasteiger partial charge in [0.15, 0.2) is 0 Å². The Balaban J connectivity index is 2.78. The first-order valence-corrected chi connectivity index (χ1v) is 6.37. The summed E-state index contributed by atoms with van der Waals surface area (Å²) >= 11 is 1.75. The van der Waals surface area contributed by atoms with Crippen molar-refractivity contribution >= 4 is 11.3 Å². The van der Waals surface area contributed by atoms with Crippen LogP contribution in [0.2, 0.25) is 0 Å². The maximum Gasteiger partial charge on any atom is 0.0962 e. The Labute approximate surface area is 101 Å². The summed E-state index contributed by atoms with van der Waals surface area (Å²) in [4.78, 5) is 2.50. The van der Waals surface area contributed by atoms with E-state index in [0.29, 0.717) is 6.54 Å². The second-order valence-electron chi connectivity index (χ2n) is 4.17. The van der Waals surface area contributed by atoms with Crippen molar-refractivity contribution in [2.75, 3.05) is 6.54 Å². The average Bonchev–Trinajstić information content (AvgIpc) is 2.53. The molecular weight excluding hydrogens is 222 g/mol. The van der Waals surface area contributed by atoms with Crippen molar-refractivity contribution in [2.45, 2.75) is 46.0 Å². The molecule has 1 heterocycles. The predicted molar refractivity (Wildman–Crippen MR) is 67.8 cm³/mol. The Kier molecular flexibility index (Phi) is 4.92. The van der Waals surface area contributed by atoms with Crippen LogP contribution in [0, 0.1) is 13.8 Å². The Morgan fingerprint density at radius 1 is 1.44 bits per heavy atom. The van der Waals surface area contributed by atoms with Gasteiger partial charge in [0.1, 0.15) is 0 Å². The van der Waals surface area contributed by atoms with Crippen LogP contribution in [-0.4, -0.2) is 23.9 Å². The summed E-state index contributed by atoms with van der Waals surface area (Å²) in [6.07, 6.45) is -0.795. The first kappa shape index (κ1) is 13.6. The van der Waals surface area contributed by atoms with Crippen molar-refractivity contribution in [3.05, 3.63) is 21.4 Å². The van der Waals surface area contributed by atoms with Gasteiger partial charge in [0, 0.05) is 16.3 Å². The molecule has 4 heteroatoms. The monoisotopic (exact) mass is 243 g/mol. The van der Waals surface area contributed by atoms with Gasteiger partial charge in [0.05, 0.1) is 18.3 Å². The van der Waals surface area contributed by atoms with Crippen LogP contribution < -0.4 is 5.73 Å².